The number of rotatable bonds is 2. The molecule has 0 N–H and O–H groups in total. The van der Waals surface area contributed by atoms with E-state index >= 15 is 0 Å². The normalized spacial score (nSPS) is 11.1. The van der Waals surface area contributed by atoms with Crippen LogP contribution < -0.4 is 4.74 Å². The van der Waals surface area contributed by atoms with Gasteiger partial charge in [0.05, 0.1) is 18.7 Å². The molecule has 0 aliphatic rings. The lowest BCUT2D eigenvalue weighted by Crippen LogP contribution is -2.18. The van der Waals surface area contributed by atoms with E-state index < -0.39 is 11.9 Å². The topological polar surface area (TPSA) is 40.5 Å². The fourth-order valence-corrected chi connectivity index (χ4v) is 2.01. The third-order valence-electron chi connectivity index (χ3n) is 2.81. The molecule has 0 aliphatic carbocycles. The fourth-order valence-electron chi connectivity index (χ4n) is 2.01. The number of methoxy groups -OCH3 is 1. The summed E-state index contributed by atoms with van der Waals surface area (Å²) in [6.45, 7) is 5.26. The molecule has 0 saturated heterocycles. The highest BCUT2D eigenvalue weighted by molar-refractivity contribution is 5.92. The summed E-state index contributed by atoms with van der Waals surface area (Å²) in [6.07, 6.45) is -0.737. The van der Waals surface area contributed by atoms with Crippen molar-refractivity contribution in [3.8, 4) is 5.75 Å². The number of halogens is 1. The molecule has 102 valence electrons. The van der Waals surface area contributed by atoms with Gasteiger partial charge in [0.1, 0.15) is 0 Å². The maximum atomic E-state index is 14.1. The van der Waals surface area contributed by atoms with Gasteiger partial charge in [0.15, 0.2) is 11.6 Å². The van der Waals surface area contributed by atoms with Crippen LogP contribution in [0.5, 0.6) is 5.75 Å². The number of carbonyl (C=O) groups is 1. The summed E-state index contributed by atoms with van der Waals surface area (Å²) in [6, 6.07) is 4.75. The molecule has 0 unspecified atom stereocenters. The zero-order valence-electron chi connectivity index (χ0n) is 11.4. The van der Waals surface area contributed by atoms with Crippen molar-refractivity contribution in [3.05, 3.63) is 29.7 Å². The van der Waals surface area contributed by atoms with Crippen molar-refractivity contribution in [2.24, 2.45) is 0 Å². The van der Waals surface area contributed by atoms with Crippen molar-refractivity contribution in [3.63, 3.8) is 0 Å². The molecule has 0 spiro atoms. The highest BCUT2D eigenvalue weighted by atomic mass is 19.1. The molecule has 0 radical (unpaired) electrons. The first-order chi connectivity index (χ1) is 8.95. The Labute approximate surface area is 110 Å². The van der Waals surface area contributed by atoms with E-state index in [2.05, 4.69) is 0 Å². The molecule has 0 aliphatic heterocycles. The van der Waals surface area contributed by atoms with Gasteiger partial charge >= 0.3 is 6.09 Å². The Morgan fingerprint density at radius 1 is 1.37 bits per heavy atom. The van der Waals surface area contributed by atoms with Gasteiger partial charge in [-0.3, -0.25) is 0 Å². The van der Waals surface area contributed by atoms with Gasteiger partial charge in [-0.2, -0.15) is 0 Å². The predicted molar refractivity (Wildman–Crippen MR) is 70.2 cm³/mol. The van der Waals surface area contributed by atoms with Crippen LogP contribution in [0, 0.1) is 12.7 Å². The molecule has 1 heterocycles. The van der Waals surface area contributed by atoms with Gasteiger partial charge in [-0.15, -0.1) is 0 Å². The molecule has 2 aromatic rings. The Kier molecular flexibility index (Phi) is 3.46. The van der Waals surface area contributed by atoms with Gasteiger partial charge in [-0.05, 0) is 39.0 Å². The van der Waals surface area contributed by atoms with Crippen LogP contribution in [0.25, 0.3) is 10.9 Å². The second kappa shape index (κ2) is 4.91. The smallest absolute Gasteiger partial charge is 0.418 e. The first-order valence-electron chi connectivity index (χ1n) is 6.01. The van der Waals surface area contributed by atoms with E-state index in [-0.39, 0.29) is 11.9 Å². The summed E-state index contributed by atoms with van der Waals surface area (Å²) in [7, 11) is 1.40. The zero-order chi connectivity index (χ0) is 14.2. The van der Waals surface area contributed by atoms with Crippen molar-refractivity contribution in [2.45, 2.75) is 26.9 Å². The monoisotopic (exact) mass is 265 g/mol. The molecule has 0 bridgehead atoms. The Morgan fingerprint density at radius 2 is 2.05 bits per heavy atom. The van der Waals surface area contributed by atoms with Crippen LogP contribution in [0.15, 0.2) is 18.2 Å². The molecule has 0 fully saturated rings. The summed E-state index contributed by atoms with van der Waals surface area (Å²) in [5.74, 6) is -0.318. The molecular formula is C14H16FNO3. The highest BCUT2D eigenvalue weighted by Crippen LogP contribution is 2.29. The Balaban J connectivity index is 2.60. The van der Waals surface area contributed by atoms with E-state index in [0.717, 1.165) is 0 Å². The quantitative estimate of drug-likeness (QED) is 0.834. The molecule has 1 aromatic heterocycles. The van der Waals surface area contributed by atoms with Gasteiger partial charge in [-0.1, -0.05) is 0 Å². The number of carbonyl (C=O) groups excluding carboxylic acids is 1. The van der Waals surface area contributed by atoms with E-state index in [1.165, 1.54) is 17.7 Å². The Hall–Kier alpha value is -2.04. The van der Waals surface area contributed by atoms with Crippen LogP contribution in [-0.4, -0.2) is 23.9 Å². The lowest BCUT2D eigenvalue weighted by atomic mass is 10.2. The fraction of sp³-hybridized carbons (Fsp3) is 0.357. The van der Waals surface area contributed by atoms with Gasteiger partial charge < -0.3 is 9.47 Å². The number of aromatic nitrogens is 1. The van der Waals surface area contributed by atoms with Gasteiger partial charge in [0.2, 0.25) is 0 Å². The molecule has 5 heteroatoms. The first kappa shape index (κ1) is 13.4. The van der Waals surface area contributed by atoms with Gasteiger partial charge in [0.25, 0.3) is 0 Å². The maximum absolute atomic E-state index is 14.1. The number of aryl methyl sites for hydroxylation is 1. The van der Waals surface area contributed by atoms with E-state index in [0.29, 0.717) is 16.6 Å². The Bertz CT molecular complexity index is 631. The van der Waals surface area contributed by atoms with Crippen molar-refractivity contribution in [1.29, 1.82) is 0 Å². The van der Waals surface area contributed by atoms with E-state index in [9.17, 15) is 9.18 Å². The van der Waals surface area contributed by atoms with Crippen LogP contribution in [0.3, 0.4) is 0 Å². The second-order valence-electron chi connectivity index (χ2n) is 4.57. The van der Waals surface area contributed by atoms with Crippen LogP contribution >= 0.6 is 0 Å². The average Bonchev–Trinajstić information content (AvgIpc) is 2.66. The van der Waals surface area contributed by atoms with Crippen molar-refractivity contribution < 1.29 is 18.7 Å². The molecule has 19 heavy (non-hydrogen) atoms. The second-order valence-corrected chi connectivity index (χ2v) is 4.57. The molecule has 1 aromatic carbocycles. The van der Waals surface area contributed by atoms with Crippen molar-refractivity contribution >= 4 is 17.0 Å². The largest absolute Gasteiger partial charge is 0.494 e. The predicted octanol–water partition coefficient (Wildman–Crippen LogP) is 3.49. The third kappa shape index (κ3) is 2.28. The Morgan fingerprint density at radius 3 is 2.63 bits per heavy atom. The van der Waals surface area contributed by atoms with E-state index in [4.69, 9.17) is 9.47 Å². The average molecular weight is 265 g/mol. The molecule has 4 nitrogen and oxygen atoms in total. The minimum atomic E-state index is -0.507. The zero-order valence-corrected chi connectivity index (χ0v) is 11.4. The van der Waals surface area contributed by atoms with Crippen LogP contribution in [-0.2, 0) is 4.74 Å². The minimum absolute atomic E-state index is 0.155. The summed E-state index contributed by atoms with van der Waals surface area (Å²) < 4.78 is 25.5. The highest BCUT2D eigenvalue weighted by Gasteiger charge is 2.18. The molecule has 2 rings (SSSR count). The third-order valence-corrected chi connectivity index (χ3v) is 2.81. The molecule has 0 saturated carbocycles. The summed E-state index contributed by atoms with van der Waals surface area (Å²) >= 11 is 0. The van der Waals surface area contributed by atoms with E-state index in [1.54, 1.807) is 32.9 Å². The minimum Gasteiger partial charge on any atom is -0.494 e. The SMILES string of the molecule is COc1ccc2c(cc(C)n2C(=O)OC(C)C)c1F. The first-order valence-corrected chi connectivity index (χ1v) is 6.01. The van der Waals surface area contributed by atoms with Crippen molar-refractivity contribution in [2.75, 3.05) is 7.11 Å². The van der Waals surface area contributed by atoms with Crippen LogP contribution in [0.1, 0.15) is 19.5 Å². The van der Waals surface area contributed by atoms with Crippen molar-refractivity contribution in [1.82, 2.24) is 4.57 Å². The number of nitrogens with zero attached hydrogens (tertiary/aromatic N) is 1. The number of ether oxygens (including phenoxy) is 2. The number of hydrogen-bond donors (Lipinski definition) is 0. The molecule has 0 amide bonds. The molecular weight excluding hydrogens is 249 g/mol. The van der Waals surface area contributed by atoms with Crippen LogP contribution in [0.4, 0.5) is 9.18 Å². The maximum Gasteiger partial charge on any atom is 0.418 e. The number of hydrogen-bond acceptors (Lipinski definition) is 3. The summed E-state index contributed by atoms with van der Waals surface area (Å²) in [5.41, 5.74) is 1.09. The lowest BCUT2D eigenvalue weighted by Gasteiger charge is -2.11. The molecule has 0 atom stereocenters. The summed E-state index contributed by atoms with van der Waals surface area (Å²) in [5, 5.41) is 0.345. The van der Waals surface area contributed by atoms with E-state index in [1.807, 2.05) is 0 Å². The number of benzene rings is 1. The standard InChI is InChI=1S/C14H16FNO3/c1-8(2)19-14(17)16-9(3)7-10-11(16)5-6-12(18-4)13(10)15/h5-8H,1-4H3. The number of fused-ring (bicyclic) bond motifs is 1. The summed E-state index contributed by atoms with van der Waals surface area (Å²) in [4.78, 5) is 12.0. The van der Waals surface area contributed by atoms with Gasteiger partial charge in [0, 0.05) is 11.1 Å². The van der Waals surface area contributed by atoms with Crippen LogP contribution in [0.2, 0.25) is 0 Å². The lowest BCUT2D eigenvalue weighted by molar-refractivity contribution is 0.117. The van der Waals surface area contributed by atoms with Gasteiger partial charge in [-0.25, -0.2) is 13.8 Å².